The molecular formula is C27H28ClN3O3S. The summed E-state index contributed by atoms with van der Waals surface area (Å²) in [7, 11) is 1.83. The van der Waals surface area contributed by atoms with Gasteiger partial charge in [-0.15, -0.1) is 0 Å². The molecule has 3 aromatic rings. The van der Waals surface area contributed by atoms with Gasteiger partial charge in [0.2, 0.25) is 0 Å². The molecule has 8 heteroatoms. The van der Waals surface area contributed by atoms with E-state index in [9.17, 15) is 14.7 Å². The van der Waals surface area contributed by atoms with Crippen LogP contribution in [0.5, 0.6) is 0 Å². The fourth-order valence-electron chi connectivity index (χ4n) is 4.27. The quantitative estimate of drug-likeness (QED) is 0.362. The van der Waals surface area contributed by atoms with E-state index in [4.69, 9.17) is 11.6 Å². The number of benzene rings is 3. The molecule has 0 radical (unpaired) electrons. The molecule has 1 heterocycles. The summed E-state index contributed by atoms with van der Waals surface area (Å²) >= 11 is 7.75. The Balaban J connectivity index is 1.49. The second-order valence-corrected chi connectivity index (χ2v) is 10.5. The normalized spacial score (nSPS) is 14.8. The van der Waals surface area contributed by atoms with Crippen molar-refractivity contribution < 1.29 is 14.7 Å². The van der Waals surface area contributed by atoms with Gasteiger partial charge >= 0.3 is 5.97 Å². The highest BCUT2D eigenvalue weighted by Crippen LogP contribution is 2.31. The van der Waals surface area contributed by atoms with Crippen LogP contribution in [0.25, 0.3) is 11.1 Å². The first-order valence-electron chi connectivity index (χ1n) is 11.2. The number of hydrogen-bond donors (Lipinski definition) is 3. The number of aliphatic carboxylic acids is 1. The average molecular weight is 510 g/mol. The molecule has 0 aliphatic carbocycles. The number of rotatable bonds is 7. The Hall–Kier alpha value is -3.00. The Morgan fingerprint density at radius 3 is 2.34 bits per heavy atom. The molecular weight excluding hydrogens is 482 g/mol. The van der Waals surface area contributed by atoms with E-state index < -0.39 is 11.5 Å². The third-order valence-corrected chi connectivity index (χ3v) is 7.65. The van der Waals surface area contributed by atoms with E-state index in [1.165, 1.54) is 11.9 Å². The molecule has 3 aromatic carbocycles. The van der Waals surface area contributed by atoms with Crippen LogP contribution in [0.1, 0.15) is 27.0 Å². The first-order chi connectivity index (χ1) is 16.6. The van der Waals surface area contributed by atoms with Gasteiger partial charge in [-0.3, -0.25) is 4.79 Å². The zero-order valence-electron chi connectivity index (χ0n) is 20.1. The van der Waals surface area contributed by atoms with Crippen molar-refractivity contribution in [2.75, 3.05) is 24.9 Å². The number of carbonyl (C=O) groups excluding carboxylic acids is 1. The third-order valence-electron chi connectivity index (χ3n) is 6.24. The number of carboxylic acids is 1. The predicted octanol–water partition coefficient (Wildman–Crippen LogP) is 5.55. The number of nitrogens with one attached hydrogen (secondary N) is 2. The van der Waals surface area contributed by atoms with Gasteiger partial charge in [0.15, 0.2) is 5.54 Å². The van der Waals surface area contributed by atoms with Crippen LogP contribution in [0.3, 0.4) is 0 Å². The van der Waals surface area contributed by atoms with Crippen LogP contribution >= 0.6 is 23.5 Å². The molecule has 0 aromatic heterocycles. The third kappa shape index (κ3) is 5.32. The minimum Gasteiger partial charge on any atom is -0.479 e. The molecule has 0 saturated carbocycles. The molecule has 35 heavy (non-hydrogen) atoms. The highest BCUT2D eigenvalue weighted by atomic mass is 35.5. The maximum absolute atomic E-state index is 12.9. The van der Waals surface area contributed by atoms with Crippen LogP contribution in [0.4, 0.5) is 5.69 Å². The van der Waals surface area contributed by atoms with Crippen molar-refractivity contribution >= 4 is 41.1 Å². The molecule has 1 fully saturated rings. The lowest BCUT2D eigenvalue weighted by Gasteiger charge is -2.45. The van der Waals surface area contributed by atoms with Gasteiger partial charge in [0.05, 0.1) is 0 Å². The Morgan fingerprint density at radius 1 is 0.971 bits per heavy atom. The molecule has 6 nitrogen and oxygen atoms in total. The van der Waals surface area contributed by atoms with Crippen molar-refractivity contribution in [1.82, 2.24) is 10.2 Å². The number of nitrogens with zero attached hydrogens (tertiary/aromatic N) is 1. The summed E-state index contributed by atoms with van der Waals surface area (Å²) in [5.74, 6) is -1.38. The maximum Gasteiger partial charge on any atom is 0.332 e. The second kappa shape index (κ2) is 9.93. The highest BCUT2D eigenvalue weighted by molar-refractivity contribution is 8.00. The van der Waals surface area contributed by atoms with Gasteiger partial charge in [0, 0.05) is 34.3 Å². The van der Waals surface area contributed by atoms with Gasteiger partial charge < -0.3 is 20.0 Å². The maximum atomic E-state index is 12.9. The number of likely N-dealkylation sites (tertiary alicyclic amines) is 1. The Kier molecular flexibility index (Phi) is 7.12. The number of halogens is 1. The minimum atomic E-state index is -1.23. The van der Waals surface area contributed by atoms with Crippen LogP contribution in [0.15, 0.2) is 59.5 Å². The molecule has 0 spiro atoms. The number of anilines is 1. The smallest absolute Gasteiger partial charge is 0.332 e. The molecule has 3 N–H and O–H groups in total. The molecule has 1 amide bonds. The lowest BCUT2D eigenvalue weighted by atomic mass is 9.89. The fraction of sp³-hybridized carbons (Fsp3) is 0.259. The number of amides is 1. The van der Waals surface area contributed by atoms with Gasteiger partial charge in [0.1, 0.15) is 0 Å². The van der Waals surface area contributed by atoms with Crippen molar-refractivity contribution in [1.29, 1.82) is 0 Å². The summed E-state index contributed by atoms with van der Waals surface area (Å²) in [6, 6.07) is 17.7. The van der Waals surface area contributed by atoms with E-state index in [0.717, 1.165) is 43.4 Å². The standard InChI is InChI=1S/C27H28ClN3O3S/c1-16-10-20(8-9-22(16)25(32)29-27(26(33)34)14-31(4)15-27)19-6-5-7-21(13-19)30-35-24-12-17(2)23(28)11-18(24)3/h5-13,30H,14-15H2,1-4H3,(H,29,32)(H,33,34). The largest absolute Gasteiger partial charge is 0.479 e. The van der Waals surface area contributed by atoms with Crippen LogP contribution in [-0.4, -0.2) is 47.6 Å². The van der Waals surface area contributed by atoms with Crippen LogP contribution in [0.2, 0.25) is 5.02 Å². The van der Waals surface area contributed by atoms with E-state index in [-0.39, 0.29) is 19.0 Å². The lowest BCUT2D eigenvalue weighted by Crippen LogP contribution is -2.73. The molecule has 1 aliphatic heterocycles. The zero-order chi connectivity index (χ0) is 25.3. The summed E-state index contributed by atoms with van der Waals surface area (Å²) in [5.41, 5.74) is 5.12. The van der Waals surface area contributed by atoms with Crippen LogP contribution in [-0.2, 0) is 4.79 Å². The number of carbonyl (C=O) groups is 2. The molecule has 0 unspecified atom stereocenters. The van der Waals surface area contributed by atoms with Gasteiger partial charge in [-0.25, -0.2) is 4.79 Å². The second-order valence-electron chi connectivity index (χ2n) is 9.20. The molecule has 0 atom stereocenters. The Labute approximate surface area is 214 Å². The monoisotopic (exact) mass is 509 g/mol. The van der Waals surface area contributed by atoms with Crippen LogP contribution in [0, 0.1) is 20.8 Å². The van der Waals surface area contributed by atoms with E-state index >= 15 is 0 Å². The molecule has 1 aliphatic rings. The predicted molar refractivity (Wildman–Crippen MR) is 142 cm³/mol. The minimum absolute atomic E-state index is 0.290. The van der Waals surface area contributed by atoms with Gasteiger partial charge in [-0.05, 0) is 97.9 Å². The van der Waals surface area contributed by atoms with Gasteiger partial charge in [-0.2, -0.15) is 0 Å². The molecule has 0 bridgehead atoms. The summed E-state index contributed by atoms with van der Waals surface area (Å²) in [4.78, 5) is 27.5. The summed E-state index contributed by atoms with van der Waals surface area (Å²) in [6.07, 6.45) is 0. The van der Waals surface area contributed by atoms with Gasteiger partial charge in [-0.1, -0.05) is 35.9 Å². The van der Waals surface area contributed by atoms with Gasteiger partial charge in [0.25, 0.3) is 5.91 Å². The van der Waals surface area contributed by atoms with E-state index in [1.54, 1.807) is 6.07 Å². The van der Waals surface area contributed by atoms with Crippen LogP contribution < -0.4 is 10.0 Å². The summed E-state index contributed by atoms with van der Waals surface area (Å²) in [5, 5.41) is 13.1. The van der Waals surface area contributed by atoms with Crippen molar-refractivity contribution in [3.05, 3.63) is 81.9 Å². The highest BCUT2D eigenvalue weighted by Gasteiger charge is 2.49. The summed E-state index contributed by atoms with van der Waals surface area (Å²) in [6.45, 7) is 6.47. The van der Waals surface area contributed by atoms with E-state index in [0.29, 0.717) is 5.56 Å². The van der Waals surface area contributed by atoms with Crippen molar-refractivity contribution in [3.63, 3.8) is 0 Å². The van der Waals surface area contributed by atoms with Crippen molar-refractivity contribution in [2.24, 2.45) is 0 Å². The fourth-order valence-corrected chi connectivity index (χ4v) is 5.29. The van der Waals surface area contributed by atoms with E-state index in [2.05, 4.69) is 22.2 Å². The topological polar surface area (TPSA) is 81.7 Å². The molecule has 182 valence electrons. The SMILES string of the molecule is Cc1cc(SNc2cccc(-c3ccc(C(=O)NC4(C(=O)O)CN(C)C4)c(C)c3)c2)c(C)cc1Cl. The average Bonchev–Trinajstić information content (AvgIpc) is 2.79. The first-order valence-corrected chi connectivity index (χ1v) is 12.4. The molecule has 1 saturated heterocycles. The zero-order valence-corrected chi connectivity index (χ0v) is 21.7. The summed E-state index contributed by atoms with van der Waals surface area (Å²) < 4.78 is 3.41. The Bertz CT molecular complexity index is 1300. The first kappa shape index (κ1) is 25.1. The molecule has 4 rings (SSSR count). The number of aryl methyl sites for hydroxylation is 3. The Morgan fingerprint density at radius 2 is 1.69 bits per heavy atom. The van der Waals surface area contributed by atoms with E-state index in [1.807, 2.05) is 69.1 Å². The van der Waals surface area contributed by atoms with Crippen molar-refractivity contribution in [2.45, 2.75) is 31.2 Å². The van der Waals surface area contributed by atoms with Crippen molar-refractivity contribution in [3.8, 4) is 11.1 Å². The number of hydrogen-bond acceptors (Lipinski definition) is 5. The number of carboxylic acid groups (broad SMARTS) is 1. The number of likely N-dealkylation sites (N-methyl/N-ethyl adjacent to an activating group) is 1. The lowest BCUT2D eigenvalue weighted by molar-refractivity contribution is -0.151.